The molecule has 2 aromatic carbocycles. The molecule has 214 valence electrons. The van der Waals surface area contributed by atoms with Gasteiger partial charge in [0, 0.05) is 28.7 Å². The zero-order valence-corrected chi connectivity index (χ0v) is 24.5. The maximum absolute atomic E-state index is 14.0. The number of rotatable bonds is 4. The molecule has 2 aromatic rings. The summed E-state index contributed by atoms with van der Waals surface area (Å²) < 4.78 is 5.85. The van der Waals surface area contributed by atoms with Gasteiger partial charge >= 0.3 is 5.97 Å². The van der Waals surface area contributed by atoms with Crippen LogP contribution in [-0.2, 0) is 19.2 Å². The Kier molecular flexibility index (Phi) is 6.59. The molecule has 1 fully saturated rings. The molecular weight excluding hydrogens is 657 g/mol. The van der Waals surface area contributed by atoms with Crippen LogP contribution < -0.4 is 9.64 Å². The normalized spacial score (nSPS) is 25.1. The summed E-state index contributed by atoms with van der Waals surface area (Å²) in [6.45, 7) is 1.57. The highest BCUT2D eigenvalue weighted by Gasteiger charge is 2.56. The van der Waals surface area contributed by atoms with Gasteiger partial charge in [-0.25, -0.2) is 9.69 Å². The van der Waals surface area contributed by atoms with Crippen LogP contribution in [-0.4, -0.2) is 51.8 Å². The van der Waals surface area contributed by atoms with Crippen LogP contribution in [0, 0.1) is 21.3 Å². The van der Waals surface area contributed by atoms with E-state index in [4.69, 9.17) is 4.74 Å². The molecule has 1 heterocycles. The van der Waals surface area contributed by atoms with E-state index in [9.17, 15) is 39.3 Å². The van der Waals surface area contributed by atoms with Crippen molar-refractivity contribution >= 4 is 57.6 Å². The Balaban J connectivity index is 1.48. The largest absolute Gasteiger partial charge is 0.507 e. The predicted octanol–water partition coefficient (Wildman–Crippen LogP) is 4.04. The first kappa shape index (κ1) is 27.9. The molecule has 42 heavy (non-hydrogen) atoms. The van der Waals surface area contributed by atoms with E-state index in [1.165, 1.54) is 19.3 Å². The number of Topliss-reactive ketones (excluding diaryl/α,β-unsaturated/α-hetero) is 1. The number of nitrogens with zero attached hydrogens (tertiary/aromatic N) is 1. The first-order valence-electron chi connectivity index (χ1n) is 13.1. The molecular formula is C31H24INO9. The summed E-state index contributed by atoms with van der Waals surface area (Å²) in [5.41, 5.74) is 1.94. The van der Waals surface area contributed by atoms with E-state index in [0.717, 1.165) is 22.6 Å². The number of carbonyl (C=O) groups excluding carboxylic acids is 4. The number of methoxy groups -OCH3 is 1. The van der Waals surface area contributed by atoms with Crippen LogP contribution in [0.4, 0.5) is 5.69 Å². The molecule has 6 rings (SSSR count). The molecule has 3 N–H and O–H groups in total. The number of amides is 2. The maximum atomic E-state index is 14.0. The Morgan fingerprint density at radius 2 is 1.79 bits per heavy atom. The second-order valence-electron chi connectivity index (χ2n) is 10.8. The van der Waals surface area contributed by atoms with Crippen molar-refractivity contribution in [2.75, 3.05) is 12.0 Å². The molecule has 0 bridgehead atoms. The topological polar surface area (TPSA) is 159 Å². The van der Waals surface area contributed by atoms with Crippen molar-refractivity contribution in [2.45, 2.75) is 25.7 Å². The number of fused-ring (bicyclic) bond motifs is 3. The van der Waals surface area contributed by atoms with E-state index < -0.39 is 47.2 Å². The maximum Gasteiger partial charge on any atom is 0.339 e. The second-order valence-corrected chi connectivity index (χ2v) is 12.0. The number of imide groups is 1. The van der Waals surface area contributed by atoms with Crippen LogP contribution in [0.25, 0.3) is 0 Å². The summed E-state index contributed by atoms with van der Waals surface area (Å²) in [4.78, 5) is 66.8. The van der Waals surface area contributed by atoms with Gasteiger partial charge in [0.1, 0.15) is 11.3 Å². The van der Waals surface area contributed by atoms with Gasteiger partial charge in [0.2, 0.25) is 11.8 Å². The Hall–Kier alpha value is -4.26. The fraction of sp³-hybridized carbons (Fsp3) is 0.258. The first-order valence-corrected chi connectivity index (χ1v) is 14.2. The van der Waals surface area contributed by atoms with Crippen LogP contribution in [0.2, 0.25) is 0 Å². The van der Waals surface area contributed by atoms with Crippen LogP contribution in [0.5, 0.6) is 17.2 Å². The molecule has 1 aliphatic heterocycles. The molecule has 0 saturated carbocycles. The molecule has 2 amide bonds. The zero-order valence-electron chi connectivity index (χ0n) is 22.4. The first-order chi connectivity index (χ1) is 19.9. The standard InChI is InChI=1S/C31H24INO9/c1-12-7-22(35)26-19(27(12)36)11-18-15(24(26)13-8-20(32)28(37)23(9-13)42-2)5-6-17-25(18)30(39)33(29(17)38)14-3-4-16(31(40)41)21(34)10-14/h3-5,7-10,17-18,24-25,34,37H,6,11H2,1-2H3,(H,40,41). The number of ketones is 2. The van der Waals surface area contributed by atoms with Crippen LogP contribution in [0.1, 0.15) is 41.6 Å². The fourth-order valence-corrected chi connectivity index (χ4v) is 7.40. The van der Waals surface area contributed by atoms with Gasteiger partial charge in [-0.1, -0.05) is 11.6 Å². The Bertz CT molecular complexity index is 1750. The van der Waals surface area contributed by atoms with E-state index >= 15 is 0 Å². The smallest absolute Gasteiger partial charge is 0.339 e. The molecule has 0 radical (unpaired) electrons. The highest BCUT2D eigenvalue weighted by Crippen LogP contribution is 2.56. The fourth-order valence-electron chi connectivity index (χ4n) is 6.77. The van der Waals surface area contributed by atoms with Gasteiger partial charge in [0.05, 0.1) is 28.2 Å². The average molecular weight is 681 g/mol. The third kappa shape index (κ3) is 4.01. The van der Waals surface area contributed by atoms with Crippen molar-refractivity contribution in [3.8, 4) is 17.2 Å². The van der Waals surface area contributed by atoms with Gasteiger partial charge in [0.15, 0.2) is 23.1 Å². The van der Waals surface area contributed by atoms with Crippen molar-refractivity contribution in [1.82, 2.24) is 0 Å². The number of phenolic OH excluding ortho intramolecular Hbond substituents is 1. The third-order valence-electron chi connectivity index (χ3n) is 8.64. The third-order valence-corrected chi connectivity index (χ3v) is 9.46. The minimum absolute atomic E-state index is 0.0521. The Morgan fingerprint density at radius 3 is 2.45 bits per heavy atom. The van der Waals surface area contributed by atoms with Crippen LogP contribution in [0.3, 0.4) is 0 Å². The molecule has 3 aliphatic carbocycles. The van der Waals surface area contributed by atoms with Crippen molar-refractivity contribution in [1.29, 1.82) is 0 Å². The minimum Gasteiger partial charge on any atom is -0.507 e. The van der Waals surface area contributed by atoms with E-state index in [1.54, 1.807) is 19.1 Å². The Labute approximate surface area is 253 Å². The van der Waals surface area contributed by atoms with Crippen molar-refractivity contribution < 1.29 is 44.0 Å². The van der Waals surface area contributed by atoms with Gasteiger partial charge in [-0.15, -0.1) is 0 Å². The predicted molar refractivity (Wildman–Crippen MR) is 156 cm³/mol. The number of carboxylic acids is 1. The number of hydrogen-bond acceptors (Lipinski definition) is 8. The van der Waals surface area contributed by atoms with Gasteiger partial charge in [-0.2, -0.15) is 0 Å². The molecule has 1 saturated heterocycles. The van der Waals surface area contributed by atoms with Gasteiger partial charge < -0.3 is 20.1 Å². The van der Waals surface area contributed by atoms with E-state index in [-0.39, 0.29) is 47.2 Å². The SMILES string of the molecule is COc1cc(C2C3=CCC4C(=O)N(c5ccc(C(=O)O)c(O)c5)C(=O)C4C3CC3=C2C(=O)C=C(C)C3=O)cc(I)c1O. The minimum atomic E-state index is -1.35. The van der Waals surface area contributed by atoms with E-state index in [0.29, 0.717) is 25.9 Å². The van der Waals surface area contributed by atoms with Gasteiger partial charge in [-0.05, 0) is 84.2 Å². The number of benzene rings is 2. The molecule has 0 spiro atoms. The number of aromatic carboxylic acids is 1. The number of hydrogen-bond donors (Lipinski definition) is 3. The van der Waals surface area contributed by atoms with Gasteiger partial charge in [-0.3, -0.25) is 19.2 Å². The monoisotopic (exact) mass is 681 g/mol. The van der Waals surface area contributed by atoms with Crippen LogP contribution in [0.15, 0.2) is 64.8 Å². The number of carbonyl (C=O) groups is 5. The number of carboxylic acid groups (broad SMARTS) is 1. The van der Waals surface area contributed by atoms with Gasteiger partial charge in [0.25, 0.3) is 0 Å². The molecule has 4 unspecified atom stereocenters. The van der Waals surface area contributed by atoms with Crippen molar-refractivity contribution in [3.05, 3.63) is 79.5 Å². The van der Waals surface area contributed by atoms with Crippen LogP contribution >= 0.6 is 22.6 Å². The van der Waals surface area contributed by atoms with Crippen molar-refractivity contribution in [2.24, 2.45) is 17.8 Å². The number of allylic oxidation sites excluding steroid dienone is 6. The summed E-state index contributed by atoms with van der Waals surface area (Å²) >= 11 is 1.96. The molecule has 0 aromatic heterocycles. The number of phenols is 2. The number of ether oxygens (including phenoxy) is 1. The summed E-state index contributed by atoms with van der Waals surface area (Å²) in [7, 11) is 1.41. The number of aromatic hydroxyl groups is 2. The lowest BCUT2D eigenvalue weighted by atomic mass is 9.59. The molecule has 10 nitrogen and oxygen atoms in total. The lowest BCUT2D eigenvalue weighted by Crippen LogP contribution is -2.39. The van der Waals surface area contributed by atoms with E-state index in [1.807, 2.05) is 28.7 Å². The molecule has 11 heteroatoms. The number of halogens is 1. The zero-order chi connectivity index (χ0) is 30.2. The average Bonchev–Trinajstić information content (AvgIpc) is 3.21. The second kappa shape index (κ2) is 9.93. The Morgan fingerprint density at radius 1 is 1.05 bits per heavy atom. The summed E-state index contributed by atoms with van der Waals surface area (Å²) in [5.74, 6) is -6.28. The molecule has 4 atom stereocenters. The van der Waals surface area contributed by atoms with E-state index in [2.05, 4.69) is 0 Å². The summed E-state index contributed by atoms with van der Waals surface area (Å²) in [5, 5.41) is 30.0. The highest BCUT2D eigenvalue weighted by atomic mass is 127. The molecule has 4 aliphatic rings. The number of anilines is 1. The van der Waals surface area contributed by atoms with Crippen molar-refractivity contribution in [3.63, 3.8) is 0 Å². The highest BCUT2D eigenvalue weighted by molar-refractivity contribution is 14.1. The lowest BCUT2D eigenvalue weighted by Gasteiger charge is -2.42. The summed E-state index contributed by atoms with van der Waals surface area (Å²) in [6.07, 6.45) is 3.49. The quantitative estimate of drug-likeness (QED) is 0.188. The lowest BCUT2D eigenvalue weighted by molar-refractivity contribution is -0.123. The summed E-state index contributed by atoms with van der Waals surface area (Å²) in [6, 6.07) is 6.85.